The van der Waals surface area contributed by atoms with Gasteiger partial charge in [0, 0.05) is 0 Å². The summed E-state index contributed by atoms with van der Waals surface area (Å²) in [6.45, 7) is 6.98. The summed E-state index contributed by atoms with van der Waals surface area (Å²) in [4.78, 5) is 12.7. The molecule has 0 spiro atoms. The molecule has 1 aromatic rings. The highest BCUT2D eigenvalue weighted by Crippen LogP contribution is 2.40. The van der Waals surface area contributed by atoms with Gasteiger partial charge >= 0.3 is 5.97 Å². The maximum Gasteiger partial charge on any atom is 0.338 e. The molecule has 1 heterocycles. The Bertz CT molecular complexity index is 777. The van der Waals surface area contributed by atoms with Crippen LogP contribution in [0.2, 0.25) is 0 Å². The zero-order chi connectivity index (χ0) is 18.8. The van der Waals surface area contributed by atoms with E-state index in [1.54, 1.807) is 59.1 Å². The van der Waals surface area contributed by atoms with Gasteiger partial charge in [0.1, 0.15) is 28.8 Å². The SMILES string of the molecule is COc1ccc(C2C(C#N)=C(N)OC(C)=C2C(=O)OC(C)(C)C)cc1. The number of nitrogens with two attached hydrogens (primary N) is 1. The number of nitriles is 1. The van der Waals surface area contributed by atoms with Crippen LogP contribution in [-0.2, 0) is 14.3 Å². The molecule has 0 amide bonds. The number of carbonyl (C=O) groups excluding carboxylic acids is 1. The van der Waals surface area contributed by atoms with E-state index in [2.05, 4.69) is 6.07 Å². The van der Waals surface area contributed by atoms with Crippen molar-refractivity contribution in [1.82, 2.24) is 0 Å². The van der Waals surface area contributed by atoms with Crippen molar-refractivity contribution >= 4 is 5.97 Å². The van der Waals surface area contributed by atoms with Gasteiger partial charge in [0.15, 0.2) is 0 Å². The van der Waals surface area contributed by atoms with Crippen LogP contribution in [0.15, 0.2) is 47.1 Å². The van der Waals surface area contributed by atoms with Crippen LogP contribution < -0.4 is 10.5 Å². The highest BCUT2D eigenvalue weighted by Gasteiger charge is 2.37. The molecule has 1 aliphatic rings. The van der Waals surface area contributed by atoms with E-state index < -0.39 is 17.5 Å². The van der Waals surface area contributed by atoms with Gasteiger partial charge in [-0.25, -0.2) is 4.79 Å². The zero-order valence-electron chi connectivity index (χ0n) is 15.0. The second-order valence-electron chi connectivity index (χ2n) is 6.67. The van der Waals surface area contributed by atoms with Gasteiger partial charge in [0.2, 0.25) is 5.88 Å². The summed E-state index contributed by atoms with van der Waals surface area (Å²) in [5.74, 6) is -0.198. The summed E-state index contributed by atoms with van der Waals surface area (Å²) >= 11 is 0. The van der Waals surface area contributed by atoms with Crippen molar-refractivity contribution in [2.75, 3.05) is 7.11 Å². The van der Waals surface area contributed by atoms with E-state index in [0.29, 0.717) is 11.5 Å². The Morgan fingerprint density at radius 2 is 1.88 bits per heavy atom. The van der Waals surface area contributed by atoms with E-state index in [-0.39, 0.29) is 17.0 Å². The number of esters is 1. The number of ether oxygens (including phenoxy) is 3. The van der Waals surface area contributed by atoms with E-state index >= 15 is 0 Å². The van der Waals surface area contributed by atoms with Crippen molar-refractivity contribution in [3.8, 4) is 11.8 Å². The summed E-state index contributed by atoms with van der Waals surface area (Å²) in [7, 11) is 1.57. The van der Waals surface area contributed by atoms with Gasteiger partial charge in [-0.1, -0.05) is 12.1 Å². The molecular weight excluding hydrogens is 320 g/mol. The van der Waals surface area contributed by atoms with Crippen LogP contribution in [0.4, 0.5) is 0 Å². The number of benzene rings is 1. The van der Waals surface area contributed by atoms with Crippen molar-refractivity contribution < 1.29 is 19.0 Å². The van der Waals surface area contributed by atoms with Crippen LogP contribution in [0.1, 0.15) is 39.2 Å². The second kappa shape index (κ2) is 6.89. The third-order valence-corrected chi connectivity index (χ3v) is 3.67. The largest absolute Gasteiger partial charge is 0.497 e. The number of nitrogens with zero attached hydrogens (tertiary/aromatic N) is 1. The number of rotatable bonds is 3. The van der Waals surface area contributed by atoms with Crippen molar-refractivity contribution in [2.24, 2.45) is 5.73 Å². The van der Waals surface area contributed by atoms with Gasteiger partial charge in [-0.3, -0.25) is 0 Å². The van der Waals surface area contributed by atoms with Crippen LogP contribution in [-0.4, -0.2) is 18.7 Å². The first-order valence-electron chi connectivity index (χ1n) is 7.83. The molecule has 0 aromatic heterocycles. The molecule has 2 N–H and O–H groups in total. The lowest BCUT2D eigenvalue weighted by Crippen LogP contribution is -2.30. The van der Waals surface area contributed by atoms with Gasteiger partial charge in [0.05, 0.1) is 18.6 Å². The predicted octanol–water partition coefficient (Wildman–Crippen LogP) is 3.12. The van der Waals surface area contributed by atoms with Gasteiger partial charge in [-0.2, -0.15) is 5.26 Å². The molecule has 25 heavy (non-hydrogen) atoms. The number of allylic oxidation sites excluding steroid dienone is 2. The maximum absolute atomic E-state index is 12.7. The standard InChI is InChI=1S/C19H22N2O4/c1-11-15(18(22)25-19(2,3)4)16(14(10-20)17(21)24-11)12-6-8-13(23-5)9-7-12/h6-9,16H,21H2,1-5H3. The van der Waals surface area contributed by atoms with Gasteiger partial charge < -0.3 is 19.9 Å². The highest BCUT2D eigenvalue weighted by atomic mass is 16.6. The van der Waals surface area contributed by atoms with Crippen molar-refractivity contribution in [3.63, 3.8) is 0 Å². The van der Waals surface area contributed by atoms with E-state index in [1.807, 2.05) is 0 Å². The fourth-order valence-electron chi connectivity index (χ4n) is 2.61. The average Bonchev–Trinajstić information content (AvgIpc) is 2.52. The first-order chi connectivity index (χ1) is 11.7. The van der Waals surface area contributed by atoms with Gasteiger partial charge in [-0.05, 0) is 45.4 Å². The van der Waals surface area contributed by atoms with E-state index in [1.165, 1.54) is 0 Å². The van der Waals surface area contributed by atoms with E-state index in [0.717, 1.165) is 5.56 Å². The molecular formula is C19H22N2O4. The smallest absolute Gasteiger partial charge is 0.338 e. The molecule has 1 unspecified atom stereocenters. The minimum atomic E-state index is -0.672. The van der Waals surface area contributed by atoms with Crippen LogP contribution in [0, 0.1) is 11.3 Å². The predicted molar refractivity (Wildman–Crippen MR) is 92.2 cm³/mol. The molecule has 0 bridgehead atoms. The van der Waals surface area contributed by atoms with Crippen molar-refractivity contribution in [2.45, 2.75) is 39.2 Å². The molecule has 2 rings (SSSR count). The molecule has 0 saturated heterocycles. The van der Waals surface area contributed by atoms with Crippen molar-refractivity contribution in [1.29, 1.82) is 5.26 Å². The molecule has 132 valence electrons. The minimum Gasteiger partial charge on any atom is -0.497 e. The molecule has 6 nitrogen and oxygen atoms in total. The third kappa shape index (κ3) is 3.94. The third-order valence-electron chi connectivity index (χ3n) is 3.67. The minimum absolute atomic E-state index is 0.00636. The summed E-state index contributed by atoms with van der Waals surface area (Å²) in [5, 5.41) is 9.55. The van der Waals surface area contributed by atoms with E-state index in [9.17, 15) is 10.1 Å². The number of methoxy groups -OCH3 is 1. The lowest BCUT2D eigenvalue weighted by molar-refractivity contribution is -0.150. The summed E-state index contributed by atoms with van der Waals surface area (Å²) in [6, 6.07) is 9.16. The molecule has 1 atom stereocenters. The Morgan fingerprint density at radius 3 is 2.36 bits per heavy atom. The normalized spacial score (nSPS) is 17.7. The number of hydrogen-bond acceptors (Lipinski definition) is 6. The molecule has 6 heteroatoms. The highest BCUT2D eigenvalue weighted by molar-refractivity contribution is 5.92. The topological polar surface area (TPSA) is 94.6 Å². The fraction of sp³-hybridized carbons (Fsp3) is 0.368. The first-order valence-corrected chi connectivity index (χ1v) is 7.83. The second-order valence-corrected chi connectivity index (χ2v) is 6.67. The number of hydrogen-bond donors (Lipinski definition) is 1. The van der Waals surface area contributed by atoms with Crippen molar-refractivity contribution in [3.05, 3.63) is 52.6 Å². The van der Waals surface area contributed by atoms with Crippen LogP contribution in [0.3, 0.4) is 0 Å². The Morgan fingerprint density at radius 1 is 1.28 bits per heavy atom. The molecule has 1 aliphatic heterocycles. The lowest BCUT2D eigenvalue weighted by atomic mass is 9.83. The Hall–Kier alpha value is -2.94. The van der Waals surface area contributed by atoms with Gasteiger partial charge in [-0.15, -0.1) is 0 Å². The quantitative estimate of drug-likeness (QED) is 0.848. The summed E-state index contributed by atoms with van der Waals surface area (Å²) in [6.07, 6.45) is 0. The number of carbonyl (C=O) groups is 1. The van der Waals surface area contributed by atoms with Crippen LogP contribution in [0.25, 0.3) is 0 Å². The summed E-state index contributed by atoms with van der Waals surface area (Å²) < 4.78 is 16.1. The molecule has 0 radical (unpaired) electrons. The maximum atomic E-state index is 12.7. The Balaban J connectivity index is 2.55. The van der Waals surface area contributed by atoms with E-state index in [4.69, 9.17) is 19.9 Å². The molecule has 0 fully saturated rings. The lowest BCUT2D eigenvalue weighted by Gasteiger charge is -2.29. The zero-order valence-corrected chi connectivity index (χ0v) is 15.0. The van der Waals surface area contributed by atoms with Gasteiger partial charge in [0.25, 0.3) is 0 Å². The molecule has 1 aromatic carbocycles. The fourth-order valence-corrected chi connectivity index (χ4v) is 2.61. The Kier molecular flexibility index (Phi) is 5.07. The summed E-state index contributed by atoms with van der Waals surface area (Å²) in [5.41, 5.74) is 6.38. The Labute approximate surface area is 147 Å². The average molecular weight is 342 g/mol. The molecule has 0 saturated carbocycles. The first kappa shape index (κ1) is 18.4. The molecule has 0 aliphatic carbocycles. The monoisotopic (exact) mass is 342 g/mol. The van der Waals surface area contributed by atoms with Crippen LogP contribution >= 0.6 is 0 Å². The van der Waals surface area contributed by atoms with Crippen LogP contribution in [0.5, 0.6) is 5.75 Å².